The summed E-state index contributed by atoms with van der Waals surface area (Å²) in [6, 6.07) is 9.88. The summed E-state index contributed by atoms with van der Waals surface area (Å²) in [5.74, 6) is 1.93. The van der Waals surface area contributed by atoms with Gasteiger partial charge < -0.3 is 9.88 Å². The van der Waals surface area contributed by atoms with Crippen LogP contribution < -0.4 is 5.32 Å². The van der Waals surface area contributed by atoms with Gasteiger partial charge in [-0.3, -0.25) is 4.79 Å². The van der Waals surface area contributed by atoms with Crippen LogP contribution in [0.15, 0.2) is 36.5 Å². The highest BCUT2D eigenvalue weighted by Gasteiger charge is 2.20. The molecule has 8 heteroatoms. The average Bonchev–Trinajstić information content (AvgIpc) is 3.36. The SMILES string of the molecule is CC(C)c1cc(C(=O)Nc2cccc(-c3nnc4n3CCCCC4)c2)c2cnn(C(C)C)c2n1. The molecule has 1 aromatic carbocycles. The fourth-order valence-electron chi connectivity index (χ4n) is 4.53. The molecule has 0 saturated carbocycles. The molecule has 5 rings (SSSR count). The Bertz CT molecular complexity index is 1350. The molecule has 1 amide bonds. The second-order valence-corrected chi connectivity index (χ2v) is 9.61. The van der Waals surface area contributed by atoms with E-state index in [1.807, 2.05) is 35.0 Å². The Morgan fingerprint density at radius 1 is 1.06 bits per heavy atom. The van der Waals surface area contributed by atoms with Gasteiger partial charge in [0.2, 0.25) is 0 Å². The minimum atomic E-state index is -0.171. The minimum absolute atomic E-state index is 0.151. The lowest BCUT2D eigenvalue weighted by molar-refractivity contribution is 0.102. The van der Waals surface area contributed by atoms with Crippen molar-refractivity contribution >= 4 is 22.6 Å². The van der Waals surface area contributed by atoms with Gasteiger partial charge >= 0.3 is 0 Å². The van der Waals surface area contributed by atoms with E-state index in [1.54, 1.807) is 6.20 Å². The number of fused-ring (bicyclic) bond motifs is 2. The molecule has 0 atom stereocenters. The Kier molecular flexibility index (Phi) is 5.89. The zero-order valence-electron chi connectivity index (χ0n) is 20.2. The lowest BCUT2D eigenvalue weighted by atomic mass is 10.0. The fourth-order valence-corrected chi connectivity index (χ4v) is 4.53. The summed E-state index contributed by atoms with van der Waals surface area (Å²) in [6.07, 6.45) is 6.20. The zero-order chi connectivity index (χ0) is 23.8. The molecule has 0 radical (unpaired) electrons. The van der Waals surface area contributed by atoms with Crippen molar-refractivity contribution in [2.45, 2.75) is 71.9 Å². The van der Waals surface area contributed by atoms with Crippen molar-refractivity contribution in [3.05, 3.63) is 53.6 Å². The second kappa shape index (κ2) is 9.00. The van der Waals surface area contributed by atoms with Crippen LogP contribution in [0.25, 0.3) is 22.4 Å². The quantitative estimate of drug-likeness (QED) is 0.435. The summed E-state index contributed by atoms with van der Waals surface area (Å²) in [5.41, 5.74) is 3.88. The van der Waals surface area contributed by atoms with E-state index in [0.29, 0.717) is 5.56 Å². The van der Waals surface area contributed by atoms with E-state index in [2.05, 4.69) is 52.9 Å². The Labute approximate surface area is 199 Å². The van der Waals surface area contributed by atoms with Crippen LogP contribution in [0.3, 0.4) is 0 Å². The summed E-state index contributed by atoms with van der Waals surface area (Å²) >= 11 is 0. The van der Waals surface area contributed by atoms with Crippen molar-refractivity contribution in [3.8, 4) is 11.4 Å². The molecule has 0 bridgehead atoms. The van der Waals surface area contributed by atoms with Crippen LogP contribution in [0.2, 0.25) is 0 Å². The molecular formula is C26H31N7O. The van der Waals surface area contributed by atoms with Crippen molar-refractivity contribution in [3.63, 3.8) is 0 Å². The molecule has 4 aromatic rings. The first-order chi connectivity index (χ1) is 16.4. The molecule has 0 aliphatic carbocycles. The van der Waals surface area contributed by atoms with E-state index in [9.17, 15) is 4.79 Å². The first-order valence-electron chi connectivity index (χ1n) is 12.1. The lowest BCUT2D eigenvalue weighted by Gasteiger charge is -2.13. The predicted octanol–water partition coefficient (Wildman–Crippen LogP) is 5.37. The number of carbonyl (C=O) groups is 1. The molecule has 1 aliphatic heterocycles. The molecule has 0 spiro atoms. The van der Waals surface area contributed by atoms with Gasteiger partial charge in [0.05, 0.1) is 17.1 Å². The van der Waals surface area contributed by atoms with Gasteiger partial charge in [0.1, 0.15) is 5.82 Å². The topological polar surface area (TPSA) is 90.5 Å². The number of aromatic nitrogens is 6. The average molecular weight is 458 g/mol. The highest BCUT2D eigenvalue weighted by atomic mass is 16.1. The highest BCUT2D eigenvalue weighted by Crippen LogP contribution is 2.27. The van der Waals surface area contributed by atoms with Gasteiger partial charge in [-0.25, -0.2) is 9.67 Å². The smallest absolute Gasteiger partial charge is 0.256 e. The van der Waals surface area contributed by atoms with Crippen molar-refractivity contribution in [2.75, 3.05) is 5.32 Å². The van der Waals surface area contributed by atoms with E-state index in [-0.39, 0.29) is 17.9 Å². The van der Waals surface area contributed by atoms with Crippen LogP contribution >= 0.6 is 0 Å². The standard InChI is InChI=1S/C26H31N7O/c1-16(2)22-14-20(21-15-27-33(17(3)4)25(21)29-22)26(34)28-19-10-8-9-18(13-19)24-31-30-23-11-6-5-7-12-32(23)24/h8-10,13-17H,5-7,11-12H2,1-4H3,(H,28,34). The maximum absolute atomic E-state index is 13.4. The van der Waals surface area contributed by atoms with Crippen molar-refractivity contribution < 1.29 is 4.79 Å². The number of pyridine rings is 1. The fraction of sp³-hybridized carbons (Fsp3) is 0.423. The molecule has 8 nitrogen and oxygen atoms in total. The molecule has 176 valence electrons. The Morgan fingerprint density at radius 2 is 1.91 bits per heavy atom. The molecule has 0 fully saturated rings. The summed E-state index contributed by atoms with van der Waals surface area (Å²) in [7, 11) is 0. The number of amides is 1. The maximum Gasteiger partial charge on any atom is 0.256 e. The number of nitrogens with one attached hydrogen (secondary N) is 1. The first-order valence-corrected chi connectivity index (χ1v) is 12.1. The first kappa shape index (κ1) is 22.3. The van der Waals surface area contributed by atoms with E-state index in [1.165, 1.54) is 6.42 Å². The highest BCUT2D eigenvalue weighted by molar-refractivity contribution is 6.12. The van der Waals surface area contributed by atoms with Crippen LogP contribution in [-0.2, 0) is 13.0 Å². The Balaban J connectivity index is 1.48. The van der Waals surface area contributed by atoms with Gasteiger partial charge in [0, 0.05) is 36.0 Å². The third-order valence-corrected chi connectivity index (χ3v) is 6.40. The molecule has 1 aliphatic rings. The number of benzene rings is 1. The maximum atomic E-state index is 13.4. The third-order valence-electron chi connectivity index (χ3n) is 6.40. The minimum Gasteiger partial charge on any atom is -0.322 e. The summed E-state index contributed by atoms with van der Waals surface area (Å²) < 4.78 is 4.09. The zero-order valence-corrected chi connectivity index (χ0v) is 20.2. The summed E-state index contributed by atoms with van der Waals surface area (Å²) in [5, 5.41) is 17.2. The van der Waals surface area contributed by atoms with E-state index in [4.69, 9.17) is 4.98 Å². The third kappa shape index (κ3) is 4.08. The van der Waals surface area contributed by atoms with Crippen LogP contribution in [-0.4, -0.2) is 35.4 Å². The van der Waals surface area contributed by atoms with E-state index < -0.39 is 0 Å². The second-order valence-electron chi connectivity index (χ2n) is 9.61. The van der Waals surface area contributed by atoms with Crippen LogP contribution in [0.5, 0.6) is 0 Å². The van der Waals surface area contributed by atoms with Gasteiger partial charge in [-0.1, -0.05) is 32.4 Å². The van der Waals surface area contributed by atoms with Crippen molar-refractivity contribution in [1.29, 1.82) is 0 Å². The largest absolute Gasteiger partial charge is 0.322 e. The number of hydrogen-bond donors (Lipinski definition) is 1. The van der Waals surface area contributed by atoms with Gasteiger partial charge in [0.15, 0.2) is 11.5 Å². The number of rotatable bonds is 5. The summed E-state index contributed by atoms with van der Waals surface area (Å²) in [6.45, 7) is 9.22. The molecule has 0 saturated heterocycles. The molecule has 1 N–H and O–H groups in total. The van der Waals surface area contributed by atoms with Crippen LogP contribution in [0.1, 0.15) is 80.8 Å². The lowest BCUT2D eigenvalue weighted by Crippen LogP contribution is -2.14. The van der Waals surface area contributed by atoms with Gasteiger partial charge in [-0.2, -0.15) is 5.10 Å². The predicted molar refractivity (Wildman–Crippen MR) is 133 cm³/mol. The number of anilines is 1. The van der Waals surface area contributed by atoms with Crippen LogP contribution in [0.4, 0.5) is 5.69 Å². The molecule has 3 aromatic heterocycles. The van der Waals surface area contributed by atoms with E-state index in [0.717, 1.165) is 65.4 Å². The number of nitrogens with zero attached hydrogens (tertiary/aromatic N) is 6. The number of hydrogen-bond acceptors (Lipinski definition) is 5. The van der Waals surface area contributed by atoms with Gasteiger partial charge in [-0.15, -0.1) is 10.2 Å². The monoisotopic (exact) mass is 457 g/mol. The normalized spacial score (nSPS) is 13.9. The van der Waals surface area contributed by atoms with Crippen molar-refractivity contribution in [2.24, 2.45) is 0 Å². The van der Waals surface area contributed by atoms with Gasteiger partial charge in [-0.05, 0) is 50.8 Å². The molecule has 0 unspecified atom stereocenters. The Morgan fingerprint density at radius 3 is 2.71 bits per heavy atom. The number of aryl methyl sites for hydroxylation is 1. The summed E-state index contributed by atoms with van der Waals surface area (Å²) in [4.78, 5) is 18.3. The van der Waals surface area contributed by atoms with Crippen molar-refractivity contribution in [1.82, 2.24) is 29.5 Å². The molecular weight excluding hydrogens is 426 g/mol. The van der Waals surface area contributed by atoms with Crippen LogP contribution in [0, 0.1) is 0 Å². The Hall–Kier alpha value is -3.55. The van der Waals surface area contributed by atoms with Gasteiger partial charge in [0.25, 0.3) is 5.91 Å². The van der Waals surface area contributed by atoms with E-state index >= 15 is 0 Å². The molecule has 4 heterocycles. The number of carbonyl (C=O) groups excluding carboxylic acids is 1. The molecule has 34 heavy (non-hydrogen) atoms.